The molecule has 0 unspecified atom stereocenters. The van der Waals surface area contributed by atoms with E-state index in [1.54, 1.807) is 0 Å². The number of aryl methyl sites for hydroxylation is 1. The molecular formula is C11H13BrO3. The predicted molar refractivity (Wildman–Crippen MR) is 60.2 cm³/mol. The first-order valence-corrected chi connectivity index (χ1v) is 5.58. The van der Waals surface area contributed by atoms with Crippen LogP contribution in [0.2, 0.25) is 0 Å². The third-order valence-electron chi connectivity index (χ3n) is 2.80. The molecule has 0 bridgehead atoms. The third kappa shape index (κ3) is 1.62. The summed E-state index contributed by atoms with van der Waals surface area (Å²) in [5.41, 5.74) is 0.630. The molecule has 1 aliphatic rings. The van der Waals surface area contributed by atoms with Gasteiger partial charge < -0.3 is 14.9 Å². The highest BCUT2D eigenvalue weighted by atomic mass is 79.9. The number of phenolic OH excluding ortho intramolecular Hbond substituents is 1. The molecule has 2 rings (SSSR count). The van der Waals surface area contributed by atoms with Gasteiger partial charge in [0.05, 0.1) is 17.2 Å². The van der Waals surface area contributed by atoms with Crippen molar-refractivity contribution in [3.8, 4) is 11.5 Å². The van der Waals surface area contributed by atoms with Crippen molar-refractivity contribution in [2.45, 2.75) is 25.4 Å². The summed E-state index contributed by atoms with van der Waals surface area (Å²) in [6.45, 7) is 1.87. The molecule has 0 aromatic heterocycles. The topological polar surface area (TPSA) is 49.7 Å². The predicted octanol–water partition coefficient (Wildman–Crippen LogP) is 2.45. The first kappa shape index (κ1) is 10.8. The van der Waals surface area contributed by atoms with E-state index < -0.39 is 5.60 Å². The van der Waals surface area contributed by atoms with Crippen LogP contribution in [0.3, 0.4) is 0 Å². The largest absolute Gasteiger partial charge is 0.504 e. The lowest BCUT2D eigenvalue weighted by molar-refractivity contribution is 0.146. The summed E-state index contributed by atoms with van der Waals surface area (Å²) in [5, 5.41) is 20.1. The SMILES string of the molecule is COc1c(Br)cc(C)c(C2(O)CC2)c1O. The van der Waals surface area contributed by atoms with Gasteiger partial charge in [0, 0.05) is 5.56 Å². The van der Waals surface area contributed by atoms with Crippen molar-refractivity contribution in [1.29, 1.82) is 0 Å². The van der Waals surface area contributed by atoms with E-state index in [1.165, 1.54) is 7.11 Å². The van der Waals surface area contributed by atoms with Gasteiger partial charge in [0.2, 0.25) is 0 Å². The Morgan fingerprint density at radius 3 is 2.53 bits per heavy atom. The smallest absolute Gasteiger partial charge is 0.175 e. The number of hydrogen-bond donors (Lipinski definition) is 2. The van der Waals surface area contributed by atoms with E-state index in [-0.39, 0.29) is 5.75 Å². The number of halogens is 1. The van der Waals surface area contributed by atoms with Gasteiger partial charge in [0.15, 0.2) is 11.5 Å². The number of benzene rings is 1. The van der Waals surface area contributed by atoms with Gasteiger partial charge in [-0.25, -0.2) is 0 Å². The minimum atomic E-state index is -0.845. The molecule has 0 spiro atoms. The number of ether oxygens (including phenoxy) is 1. The zero-order valence-electron chi connectivity index (χ0n) is 8.67. The number of aliphatic hydroxyl groups is 1. The highest BCUT2D eigenvalue weighted by molar-refractivity contribution is 9.10. The zero-order valence-corrected chi connectivity index (χ0v) is 10.3. The molecule has 1 aromatic rings. The maximum Gasteiger partial charge on any atom is 0.175 e. The molecule has 0 heterocycles. The fourth-order valence-electron chi connectivity index (χ4n) is 1.89. The molecule has 2 N–H and O–H groups in total. The summed E-state index contributed by atoms with van der Waals surface area (Å²) in [6, 6.07) is 1.85. The van der Waals surface area contributed by atoms with E-state index in [1.807, 2.05) is 13.0 Å². The summed E-state index contributed by atoms with van der Waals surface area (Å²) in [5.74, 6) is 0.431. The molecule has 3 nitrogen and oxygen atoms in total. The Labute approximate surface area is 96.8 Å². The van der Waals surface area contributed by atoms with Crippen molar-refractivity contribution in [3.05, 3.63) is 21.7 Å². The third-order valence-corrected chi connectivity index (χ3v) is 3.39. The Kier molecular flexibility index (Phi) is 2.43. The van der Waals surface area contributed by atoms with Gasteiger partial charge in [-0.1, -0.05) is 0 Å². The summed E-state index contributed by atoms with van der Waals surface area (Å²) < 4.78 is 5.79. The minimum absolute atomic E-state index is 0.0457. The van der Waals surface area contributed by atoms with Crippen LogP contribution in [-0.2, 0) is 5.60 Å². The molecule has 0 amide bonds. The van der Waals surface area contributed by atoms with E-state index in [0.717, 1.165) is 5.56 Å². The van der Waals surface area contributed by atoms with E-state index in [9.17, 15) is 10.2 Å². The van der Waals surface area contributed by atoms with Crippen molar-refractivity contribution in [3.63, 3.8) is 0 Å². The number of phenols is 1. The normalized spacial score (nSPS) is 17.6. The van der Waals surface area contributed by atoms with Crippen LogP contribution in [0.5, 0.6) is 11.5 Å². The zero-order chi connectivity index (χ0) is 11.2. The highest BCUT2D eigenvalue weighted by Gasteiger charge is 2.46. The first-order valence-electron chi connectivity index (χ1n) is 4.78. The van der Waals surface area contributed by atoms with E-state index >= 15 is 0 Å². The van der Waals surface area contributed by atoms with Crippen LogP contribution in [0.1, 0.15) is 24.0 Å². The van der Waals surface area contributed by atoms with Gasteiger partial charge >= 0.3 is 0 Å². The lowest BCUT2D eigenvalue weighted by Gasteiger charge is -2.17. The molecule has 0 aliphatic heterocycles. The Balaban J connectivity index is 2.64. The van der Waals surface area contributed by atoms with Gasteiger partial charge in [-0.3, -0.25) is 0 Å². The summed E-state index contributed by atoms with van der Waals surface area (Å²) in [7, 11) is 1.50. The van der Waals surface area contributed by atoms with Crippen molar-refractivity contribution in [2.75, 3.05) is 7.11 Å². The van der Waals surface area contributed by atoms with Crippen LogP contribution in [0.25, 0.3) is 0 Å². The minimum Gasteiger partial charge on any atom is -0.504 e. The van der Waals surface area contributed by atoms with E-state index in [2.05, 4.69) is 15.9 Å². The Hall–Kier alpha value is -0.740. The fraction of sp³-hybridized carbons (Fsp3) is 0.455. The van der Waals surface area contributed by atoms with Crippen LogP contribution in [0, 0.1) is 6.92 Å². The lowest BCUT2D eigenvalue weighted by atomic mass is 10.00. The number of rotatable bonds is 2. The second-order valence-electron chi connectivity index (χ2n) is 3.96. The fourth-order valence-corrected chi connectivity index (χ4v) is 2.58. The Bertz CT molecular complexity index is 411. The molecule has 0 saturated heterocycles. The average Bonchev–Trinajstić information content (AvgIpc) is 2.83. The number of methoxy groups -OCH3 is 1. The van der Waals surface area contributed by atoms with Crippen molar-refractivity contribution in [1.82, 2.24) is 0 Å². The maximum atomic E-state index is 10.0. The monoisotopic (exact) mass is 272 g/mol. The molecular weight excluding hydrogens is 260 g/mol. The van der Waals surface area contributed by atoms with Crippen molar-refractivity contribution < 1.29 is 14.9 Å². The number of aromatic hydroxyl groups is 1. The molecule has 82 valence electrons. The van der Waals surface area contributed by atoms with Crippen LogP contribution < -0.4 is 4.74 Å². The molecule has 0 atom stereocenters. The van der Waals surface area contributed by atoms with Crippen LogP contribution in [0.15, 0.2) is 10.5 Å². The second kappa shape index (κ2) is 3.39. The molecule has 0 radical (unpaired) electrons. The quantitative estimate of drug-likeness (QED) is 0.870. The van der Waals surface area contributed by atoms with Gasteiger partial charge in [-0.2, -0.15) is 0 Å². The molecule has 1 aliphatic carbocycles. The van der Waals surface area contributed by atoms with Crippen LogP contribution in [-0.4, -0.2) is 17.3 Å². The standard InChI is InChI=1S/C11H13BrO3/c1-6-5-7(12)10(15-2)9(13)8(6)11(14)3-4-11/h5,13-14H,3-4H2,1-2H3. The molecule has 1 saturated carbocycles. The van der Waals surface area contributed by atoms with Crippen LogP contribution >= 0.6 is 15.9 Å². The first-order chi connectivity index (χ1) is 6.99. The van der Waals surface area contributed by atoms with Crippen LogP contribution in [0.4, 0.5) is 0 Å². The van der Waals surface area contributed by atoms with E-state index in [0.29, 0.717) is 28.6 Å². The van der Waals surface area contributed by atoms with Gasteiger partial charge in [0.25, 0.3) is 0 Å². The molecule has 1 aromatic carbocycles. The molecule has 15 heavy (non-hydrogen) atoms. The average molecular weight is 273 g/mol. The molecule has 4 heteroatoms. The van der Waals surface area contributed by atoms with Gasteiger partial charge in [-0.15, -0.1) is 0 Å². The maximum absolute atomic E-state index is 10.0. The number of hydrogen-bond acceptors (Lipinski definition) is 3. The second-order valence-corrected chi connectivity index (χ2v) is 4.82. The summed E-state index contributed by atoms with van der Waals surface area (Å²) in [4.78, 5) is 0. The lowest BCUT2D eigenvalue weighted by Crippen LogP contribution is -2.08. The highest BCUT2D eigenvalue weighted by Crippen LogP contribution is 2.53. The molecule has 1 fully saturated rings. The van der Waals surface area contributed by atoms with Gasteiger partial charge in [-0.05, 0) is 47.3 Å². The van der Waals surface area contributed by atoms with Gasteiger partial charge in [0.1, 0.15) is 0 Å². The summed E-state index contributed by atoms with van der Waals surface area (Å²) in [6.07, 6.45) is 1.40. The van der Waals surface area contributed by atoms with E-state index in [4.69, 9.17) is 4.74 Å². The van der Waals surface area contributed by atoms with Crippen molar-refractivity contribution >= 4 is 15.9 Å². The van der Waals surface area contributed by atoms with Crippen molar-refractivity contribution in [2.24, 2.45) is 0 Å². The summed E-state index contributed by atoms with van der Waals surface area (Å²) >= 11 is 3.31. The Morgan fingerprint density at radius 1 is 1.47 bits per heavy atom. The Morgan fingerprint density at radius 2 is 2.07 bits per heavy atom.